The maximum Gasteiger partial charge on any atom is 0.326 e. The van der Waals surface area contributed by atoms with Crippen LogP contribution in [0.2, 0.25) is 0 Å². The van der Waals surface area contributed by atoms with Gasteiger partial charge >= 0.3 is 6.03 Å². The first-order chi connectivity index (χ1) is 15.7. The summed E-state index contributed by atoms with van der Waals surface area (Å²) in [6, 6.07) is 24.8. The lowest BCUT2D eigenvalue weighted by Crippen LogP contribution is -2.41. The summed E-state index contributed by atoms with van der Waals surface area (Å²) in [6.45, 7) is 3.67. The molecule has 1 N–H and O–H groups in total. The number of nitrogens with zero attached hydrogens (tertiary/aromatic N) is 2. The van der Waals surface area contributed by atoms with Gasteiger partial charge in [-0.1, -0.05) is 48.5 Å². The minimum absolute atomic E-state index is 0.0857. The highest BCUT2D eigenvalue weighted by Gasteiger charge is 2.28. The number of hydrogen-bond donors (Lipinski definition) is 1. The van der Waals surface area contributed by atoms with Crippen LogP contribution in [-0.2, 0) is 13.1 Å². The Balaban J connectivity index is 1.37. The van der Waals surface area contributed by atoms with Crippen LogP contribution in [0.25, 0.3) is 0 Å². The fraction of sp³-hybridized carbons (Fsp3) is 0.296. The summed E-state index contributed by atoms with van der Waals surface area (Å²) in [5.74, 6) is 1.32. The number of rotatable bonds is 5. The van der Waals surface area contributed by atoms with Crippen LogP contribution < -0.4 is 15.0 Å². The maximum absolute atomic E-state index is 12.8. The van der Waals surface area contributed by atoms with Gasteiger partial charge < -0.3 is 10.1 Å². The number of urea groups is 1. The average molecular weight is 428 g/mol. The van der Waals surface area contributed by atoms with Crippen molar-refractivity contribution in [3.8, 4) is 5.75 Å². The van der Waals surface area contributed by atoms with E-state index >= 15 is 0 Å². The zero-order valence-electron chi connectivity index (χ0n) is 18.5. The van der Waals surface area contributed by atoms with Crippen LogP contribution in [-0.4, -0.2) is 31.1 Å². The molecule has 1 fully saturated rings. The second-order valence-corrected chi connectivity index (χ2v) is 8.59. The zero-order valence-corrected chi connectivity index (χ0v) is 18.5. The van der Waals surface area contributed by atoms with Crippen LogP contribution in [0.1, 0.15) is 35.4 Å². The Bertz CT molecular complexity index is 1090. The Morgan fingerprint density at radius 3 is 2.50 bits per heavy atom. The summed E-state index contributed by atoms with van der Waals surface area (Å²) in [7, 11) is 1.73. The molecular weight excluding hydrogens is 398 g/mol. The normalized spacial score (nSPS) is 17.0. The number of amides is 2. The van der Waals surface area contributed by atoms with Gasteiger partial charge in [-0.3, -0.25) is 9.80 Å². The van der Waals surface area contributed by atoms with E-state index in [1.54, 1.807) is 12.0 Å². The Hall–Kier alpha value is -3.31. The summed E-state index contributed by atoms with van der Waals surface area (Å²) in [6.07, 6.45) is 2.16. The van der Waals surface area contributed by atoms with E-state index in [4.69, 9.17) is 4.74 Å². The molecule has 5 heteroatoms. The molecule has 5 rings (SSSR count). The number of ether oxygens (including phenoxy) is 1. The summed E-state index contributed by atoms with van der Waals surface area (Å²) in [4.78, 5) is 17.1. The molecule has 164 valence electrons. The van der Waals surface area contributed by atoms with Gasteiger partial charge in [-0.05, 0) is 72.8 Å². The highest BCUT2D eigenvalue weighted by atomic mass is 16.5. The predicted octanol–water partition coefficient (Wildman–Crippen LogP) is 5.44. The van der Waals surface area contributed by atoms with Crippen LogP contribution in [0.15, 0.2) is 72.8 Å². The van der Waals surface area contributed by atoms with Gasteiger partial charge in [0.15, 0.2) is 0 Å². The summed E-state index contributed by atoms with van der Waals surface area (Å²) < 4.78 is 5.73. The number of methoxy groups -OCH3 is 1. The molecular formula is C27H29N3O2. The topological polar surface area (TPSA) is 44.8 Å². The summed E-state index contributed by atoms with van der Waals surface area (Å²) >= 11 is 0. The Labute approximate surface area is 189 Å². The number of para-hydroxylation sites is 1. The Kier molecular flexibility index (Phi) is 5.82. The molecule has 0 aromatic heterocycles. The fourth-order valence-electron chi connectivity index (χ4n) is 4.92. The van der Waals surface area contributed by atoms with Crippen LogP contribution in [0.3, 0.4) is 0 Å². The lowest BCUT2D eigenvalue weighted by molar-refractivity contribution is 0.203. The molecule has 2 aliphatic heterocycles. The molecule has 0 saturated carbocycles. The smallest absolute Gasteiger partial charge is 0.326 e. The maximum atomic E-state index is 12.8. The van der Waals surface area contributed by atoms with Crippen molar-refractivity contribution in [2.75, 3.05) is 25.1 Å². The van der Waals surface area contributed by atoms with Crippen molar-refractivity contribution in [1.82, 2.24) is 10.2 Å². The molecule has 3 aromatic rings. The van der Waals surface area contributed by atoms with Crippen molar-refractivity contribution >= 4 is 17.4 Å². The average Bonchev–Trinajstić information content (AvgIpc) is 2.85. The second kappa shape index (κ2) is 9.05. The zero-order chi connectivity index (χ0) is 21.9. The Morgan fingerprint density at radius 2 is 1.72 bits per heavy atom. The van der Waals surface area contributed by atoms with Crippen molar-refractivity contribution in [3.63, 3.8) is 0 Å². The van der Waals surface area contributed by atoms with Gasteiger partial charge in [0.2, 0.25) is 0 Å². The standard InChI is InChI=1S/C27H29N3O2/c1-32-26-12-11-23(30-25-10-6-5-9-22(25)18-28-27(30)31)17-24(26)21-13-15-29(16-14-21)19-20-7-3-2-4-8-20/h2-12,17,21H,13-16,18-19H2,1H3,(H,28,31). The molecule has 1 saturated heterocycles. The molecule has 5 nitrogen and oxygen atoms in total. The van der Waals surface area contributed by atoms with Gasteiger partial charge in [-0.15, -0.1) is 0 Å². The summed E-state index contributed by atoms with van der Waals surface area (Å²) in [5.41, 5.74) is 5.52. The van der Waals surface area contributed by atoms with Crippen LogP contribution in [0.5, 0.6) is 5.75 Å². The van der Waals surface area contributed by atoms with E-state index < -0.39 is 0 Å². The molecule has 3 aromatic carbocycles. The lowest BCUT2D eigenvalue weighted by Gasteiger charge is -2.34. The second-order valence-electron chi connectivity index (χ2n) is 8.59. The van der Waals surface area contributed by atoms with Gasteiger partial charge in [0.1, 0.15) is 5.75 Å². The lowest BCUT2D eigenvalue weighted by atomic mass is 9.88. The number of piperidine rings is 1. The van der Waals surface area contributed by atoms with E-state index in [1.807, 2.05) is 30.3 Å². The first-order valence-electron chi connectivity index (χ1n) is 11.3. The number of hydrogen-bond acceptors (Lipinski definition) is 3. The largest absolute Gasteiger partial charge is 0.496 e. The minimum Gasteiger partial charge on any atom is -0.496 e. The third-order valence-electron chi connectivity index (χ3n) is 6.61. The van der Waals surface area contributed by atoms with Crippen molar-refractivity contribution in [1.29, 1.82) is 0 Å². The first-order valence-corrected chi connectivity index (χ1v) is 11.3. The Morgan fingerprint density at radius 1 is 0.969 bits per heavy atom. The molecule has 0 unspecified atom stereocenters. The predicted molar refractivity (Wildman–Crippen MR) is 128 cm³/mol. The molecule has 0 atom stereocenters. The van der Waals surface area contributed by atoms with E-state index in [9.17, 15) is 4.79 Å². The number of carbonyl (C=O) groups excluding carboxylic acids is 1. The molecule has 2 amide bonds. The minimum atomic E-state index is -0.0857. The van der Waals surface area contributed by atoms with Gasteiger partial charge in [-0.25, -0.2) is 4.79 Å². The van der Waals surface area contributed by atoms with E-state index in [2.05, 4.69) is 52.7 Å². The monoisotopic (exact) mass is 427 g/mol. The van der Waals surface area contributed by atoms with Gasteiger partial charge in [0, 0.05) is 13.1 Å². The van der Waals surface area contributed by atoms with E-state index in [0.29, 0.717) is 12.5 Å². The highest BCUT2D eigenvalue weighted by molar-refractivity contribution is 6.01. The van der Waals surface area contributed by atoms with Gasteiger partial charge in [-0.2, -0.15) is 0 Å². The van der Waals surface area contributed by atoms with Crippen LogP contribution in [0, 0.1) is 0 Å². The number of likely N-dealkylation sites (tertiary alicyclic amines) is 1. The van der Waals surface area contributed by atoms with Crippen LogP contribution >= 0.6 is 0 Å². The third kappa shape index (κ3) is 4.08. The van der Waals surface area contributed by atoms with Gasteiger partial charge in [0.05, 0.1) is 18.5 Å². The third-order valence-corrected chi connectivity index (χ3v) is 6.61. The molecule has 32 heavy (non-hydrogen) atoms. The van der Waals surface area contributed by atoms with Crippen LogP contribution in [0.4, 0.5) is 16.2 Å². The van der Waals surface area contributed by atoms with E-state index in [-0.39, 0.29) is 6.03 Å². The van der Waals surface area contributed by atoms with Crippen molar-refractivity contribution in [2.24, 2.45) is 0 Å². The number of carbonyl (C=O) groups is 1. The van der Waals surface area contributed by atoms with Crippen molar-refractivity contribution < 1.29 is 9.53 Å². The van der Waals surface area contributed by atoms with E-state index in [1.165, 1.54) is 11.1 Å². The van der Waals surface area contributed by atoms with Crippen molar-refractivity contribution in [2.45, 2.75) is 31.8 Å². The van der Waals surface area contributed by atoms with Gasteiger partial charge in [0.25, 0.3) is 0 Å². The molecule has 2 aliphatic rings. The molecule has 0 aliphatic carbocycles. The summed E-state index contributed by atoms with van der Waals surface area (Å²) in [5, 5.41) is 2.99. The first kappa shape index (κ1) is 20.6. The molecule has 2 heterocycles. The van der Waals surface area contributed by atoms with Crippen molar-refractivity contribution in [3.05, 3.63) is 89.5 Å². The SMILES string of the molecule is COc1ccc(N2C(=O)NCc3ccccc32)cc1C1CCN(Cc2ccccc2)CC1. The van der Waals surface area contributed by atoms with E-state index in [0.717, 1.165) is 55.2 Å². The molecule has 0 radical (unpaired) electrons. The highest BCUT2D eigenvalue weighted by Crippen LogP contribution is 2.39. The molecule has 0 spiro atoms. The number of fused-ring (bicyclic) bond motifs is 1. The molecule has 0 bridgehead atoms. The quantitative estimate of drug-likeness (QED) is 0.590. The number of benzene rings is 3. The number of anilines is 2. The number of nitrogens with one attached hydrogen (secondary N) is 1. The fourth-order valence-corrected chi connectivity index (χ4v) is 4.92.